The highest BCUT2D eigenvalue weighted by atomic mass is 31.2. The number of carbonyl (C=O) groups is 2. The third-order valence-corrected chi connectivity index (χ3v) is 13.8. The number of aromatic nitrogens is 4. The molecule has 1 fully saturated rings. The maximum atomic E-state index is 13.8. The summed E-state index contributed by atoms with van der Waals surface area (Å²) in [6.07, 6.45) is 38.5. The highest BCUT2D eigenvalue weighted by Gasteiger charge is 2.35. The van der Waals surface area contributed by atoms with Gasteiger partial charge in [-0.3, -0.25) is 23.2 Å². The zero-order chi connectivity index (χ0) is 45.7. The maximum absolute atomic E-state index is 13.8. The van der Waals surface area contributed by atoms with Crippen molar-refractivity contribution in [3.8, 4) is 0 Å². The SMILES string of the molecule is CCCCCCCCCCCCCCCC(=O)OCC(CO[P@@](=O)(OC)O[C@@H]1C=C[C@H](n2cnc3c(NC4CC4)nc(N)nc32)C1)OC(=O)CCCCCCCCCCCCCCC. The molecule has 1 unspecified atom stereocenters. The molecule has 2 aliphatic carbocycles. The minimum Gasteiger partial charge on any atom is -0.462 e. The summed E-state index contributed by atoms with van der Waals surface area (Å²) in [7, 11) is -2.88. The van der Waals surface area contributed by atoms with Crippen molar-refractivity contribution in [3.05, 3.63) is 18.5 Å². The number of unbranched alkanes of at least 4 members (excludes halogenated alkanes) is 24. The second kappa shape index (κ2) is 31.8. The fourth-order valence-electron chi connectivity index (χ4n) is 8.29. The number of phosphoric ester groups is 1. The van der Waals surface area contributed by atoms with Crippen LogP contribution in [0.15, 0.2) is 18.5 Å². The molecular formula is C49H85N6O8P. The summed E-state index contributed by atoms with van der Waals surface area (Å²) < 4.78 is 44.1. The smallest absolute Gasteiger partial charge is 0.462 e. The number of anilines is 2. The number of nitrogens with one attached hydrogen (secondary N) is 1. The monoisotopic (exact) mass is 917 g/mol. The van der Waals surface area contributed by atoms with Crippen molar-refractivity contribution in [2.75, 3.05) is 31.4 Å². The molecule has 0 bridgehead atoms. The van der Waals surface area contributed by atoms with E-state index in [1.54, 1.807) is 12.4 Å². The van der Waals surface area contributed by atoms with E-state index in [-0.39, 0.29) is 44.0 Å². The van der Waals surface area contributed by atoms with Crippen LogP contribution in [0.5, 0.6) is 0 Å². The van der Waals surface area contributed by atoms with Crippen molar-refractivity contribution in [1.82, 2.24) is 19.5 Å². The van der Waals surface area contributed by atoms with E-state index in [9.17, 15) is 14.2 Å². The number of hydrogen-bond donors (Lipinski definition) is 2. The molecule has 0 aliphatic heterocycles. The van der Waals surface area contributed by atoms with Crippen molar-refractivity contribution in [2.45, 2.75) is 237 Å². The number of nitrogen functional groups attached to an aromatic ring is 1. The van der Waals surface area contributed by atoms with Gasteiger partial charge in [-0.15, -0.1) is 0 Å². The van der Waals surface area contributed by atoms with Gasteiger partial charge in [0.05, 0.1) is 25.1 Å². The minimum atomic E-state index is -4.13. The highest BCUT2D eigenvalue weighted by molar-refractivity contribution is 7.48. The van der Waals surface area contributed by atoms with Crippen molar-refractivity contribution in [1.29, 1.82) is 0 Å². The Balaban J connectivity index is 1.19. The van der Waals surface area contributed by atoms with Crippen LogP contribution in [-0.4, -0.2) is 70.0 Å². The third kappa shape index (κ3) is 22.0. The standard InChI is InChI=1S/C49H85N6O8P/c1-4-6-8-10-12-14-16-18-20-22-24-26-28-30-44(56)60-37-43(62-45(57)31-29-27-25-23-21-19-17-15-13-11-9-7-5-2)38-61-64(58,59-3)63-42-35-34-41(36-42)55-39-51-46-47(52-40-32-33-40)53-49(50)54-48(46)55/h34-35,39-43H,4-33,36-38H2,1-3H3,(H3,50,52,53,54)/t41-,42+,43?,64+/m0/s1. The predicted octanol–water partition coefficient (Wildman–Crippen LogP) is 13.1. The minimum absolute atomic E-state index is 0.148. The van der Waals surface area contributed by atoms with E-state index >= 15 is 0 Å². The van der Waals surface area contributed by atoms with E-state index in [0.717, 1.165) is 44.9 Å². The summed E-state index contributed by atoms with van der Waals surface area (Å²) in [5.74, 6) is -0.00938. The second-order valence-electron chi connectivity index (χ2n) is 18.2. The number of phosphoric acid groups is 1. The number of nitrogens with two attached hydrogens (primary N) is 1. The van der Waals surface area contributed by atoms with Crippen LogP contribution < -0.4 is 11.1 Å². The van der Waals surface area contributed by atoms with Gasteiger partial charge < -0.3 is 25.1 Å². The number of esters is 2. The highest BCUT2D eigenvalue weighted by Crippen LogP contribution is 2.51. The number of fused-ring (bicyclic) bond motifs is 1. The Morgan fingerprint density at radius 3 is 1.77 bits per heavy atom. The predicted molar refractivity (Wildman–Crippen MR) is 256 cm³/mol. The average molecular weight is 917 g/mol. The summed E-state index contributed by atoms with van der Waals surface area (Å²) in [5, 5.41) is 3.38. The molecule has 3 N–H and O–H groups in total. The summed E-state index contributed by atoms with van der Waals surface area (Å²) in [6, 6.07) is 0.152. The number of carbonyl (C=O) groups excluding carboxylic acids is 2. The van der Waals surface area contributed by atoms with Crippen molar-refractivity contribution in [2.24, 2.45) is 0 Å². The van der Waals surface area contributed by atoms with Gasteiger partial charge in [0, 0.05) is 32.4 Å². The Morgan fingerprint density at radius 2 is 1.25 bits per heavy atom. The van der Waals surface area contributed by atoms with Crippen molar-refractivity contribution >= 4 is 42.7 Å². The molecule has 4 rings (SSSR count). The molecule has 15 heteroatoms. The quantitative estimate of drug-likeness (QED) is 0.0279. The van der Waals surface area contributed by atoms with E-state index in [1.807, 2.05) is 10.6 Å². The van der Waals surface area contributed by atoms with Crippen LogP contribution in [0.25, 0.3) is 11.2 Å². The lowest BCUT2D eigenvalue weighted by molar-refractivity contribution is -0.161. The van der Waals surface area contributed by atoms with E-state index in [2.05, 4.69) is 34.1 Å². The van der Waals surface area contributed by atoms with Gasteiger partial charge in [0.15, 0.2) is 23.1 Å². The molecule has 14 nitrogen and oxygen atoms in total. The molecule has 4 atom stereocenters. The molecule has 0 saturated heterocycles. The molecule has 0 aromatic carbocycles. The number of imidazole rings is 1. The molecule has 0 amide bonds. The van der Waals surface area contributed by atoms with Crippen LogP contribution in [0.1, 0.15) is 219 Å². The Morgan fingerprint density at radius 1 is 0.734 bits per heavy atom. The van der Waals surface area contributed by atoms with E-state index in [4.69, 9.17) is 28.8 Å². The van der Waals surface area contributed by atoms with Crippen LogP contribution in [-0.2, 0) is 37.2 Å². The lowest BCUT2D eigenvalue weighted by Gasteiger charge is -2.23. The number of hydrogen-bond acceptors (Lipinski definition) is 13. The Labute approximate surface area is 385 Å². The van der Waals surface area contributed by atoms with Gasteiger partial charge in [0.25, 0.3) is 0 Å². The van der Waals surface area contributed by atoms with Gasteiger partial charge in [0.2, 0.25) is 5.95 Å². The average Bonchev–Trinajstić information content (AvgIpc) is 3.82. The molecule has 364 valence electrons. The van der Waals surface area contributed by atoms with E-state index in [1.165, 1.54) is 136 Å². The molecule has 1 saturated carbocycles. The van der Waals surface area contributed by atoms with Crippen LogP contribution in [0, 0.1) is 0 Å². The second-order valence-corrected chi connectivity index (χ2v) is 19.9. The van der Waals surface area contributed by atoms with Gasteiger partial charge in [-0.1, -0.05) is 180 Å². The molecule has 2 aromatic rings. The normalized spacial score (nSPS) is 17.5. The lowest BCUT2D eigenvalue weighted by Crippen LogP contribution is -2.30. The van der Waals surface area contributed by atoms with Crippen LogP contribution in [0.4, 0.5) is 11.8 Å². The van der Waals surface area contributed by atoms with Gasteiger partial charge in [-0.05, 0) is 25.7 Å². The van der Waals surface area contributed by atoms with Gasteiger partial charge in [-0.25, -0.2) is 9.55 Å². The van der Waals surface area contributed by atoms with Crippen LogP contribution in [0.2, 0.25) is 0 Å². The lowest BCUT2D eigenvalue weighted by atomic mass is 10.0. The fourth-order valence-corrected chi connectivity index (χ4v) is 9.38. The topological polar surface area (TPSA) is 179 Å². The third-order valence-electron chi connectivity index (χ3n) is 12.3. The Bertz CT molecular complexity index is 1670. The van der Waals surface area contributed by atoms with Crippen LogP contribution in [0.3, 0.4) is 0 Å². The summed E-state index contributed by atoms with van der Waals surface area (Å²) in [5.41, 5.74) is 7.28. The Hall–Kier alpha value is -3.06. The zero-order valence-corrected chi connectivity index (χ0v) is 40.8. The van der Waals surface area contributed by atoms with Crippen molar-refractivity contribution < 1.29 is 37.2 Å². The fraction of sp³-hybridized carbons (Fsp3) is 0.816. The Kier molecular flexibility index (Phi) is 26.6. The first-order chi connectivity index (χ1) is 31.2. The largest absolute Gasteiger partial charge is 0.475 e. The number of rotatable bonds is 40. The number of ether oxygens (including phenoxy) is 2. The summed E-state index contributed by atoms with van der Waals surface area (Å²) in [4.78, 5) is 39.2. The molecule has 2 aromatic heterocycles. The van der Waals surface area contributed by atoms with Gasteiger partial charge in [-0.2, -0.15) is 9.97 Å². The maximum Gasteiger partial charge on any atom is 0.475 e. The molecule has 2 heterocycles. The molecule has 2 aliphatic rings. The number of allylic oxidation sites excluding steroid dienone is 1. The molecule has 0 spiro atoms. The summed E-state index contributed by atoms with van der Waals surface area (Å²) >= 11 is 0. The molecule has 64 heavy (non-hydrogen) atoms. The van der Waals surface area contributed by atoms with E-state index in [0.29, 0.717) is 35.9 Å². The molecule has 0 radical (unpaired) electrons. The first-order valence-corrected chi connectivity index (χ1v) is 27.0. The zero-order valence-electron chi connectivity index (χ0n) is 40.0. The van der Waals surface area contributed by atoms with Gasteiger partial charge in [0.1, 0.15) is 6.61 Å². The molecular weight excluding hydrogens is 832 g/mol. The first-order valence-electron chi connectivity index (χ1n) is 25.5. The van der Waals surface area contributed by atoms with Crippen molar-refractivity contribution in [3.63, 3.8) is 0 Å². The van der Waals surface area contributed by atoms with Gasteiger partial charge >= 0.3 is 19.8 Å². The number of nitrogens with zero attached hydrogens (tertiary/aromatic N) is 4. The van der Waals surface area contributed by atoms with E-state index < -0.39 is 26.0 Å². The first kappa shape index (κ1) is 53.6. The summed E-state index contributed by atoms with van der Waals surface area (Å²) in [6.45, 7) is 3.96. The van der Waals surface area contributed by atoms with Crippen LogP contribution >= 0.6 is 7.82 Å².